The van der Waals surface area contributed by atoms with Gasteiger partial charge in [-0.2, -0.15) is 0 Å². The van der Waals surface area contributed by atoms with Crippen LogP contribution in [0.25, 0.3) is 11.1 Å². The molecule has 2 aromatic rings. The fourth-order valence-electron chi connectivity index (χ4n) is 4.41. The second kappa shape index (κ2) is 12.0. The number of hydrogen-bond acceptors (Lipinski definition) is 5. The molecule has 0 radical (unpaired) electrons. The van der Waals surface area contributed by atoms with E-state index in [0.29, 0.717) is 0 Å². The number of ether oxygens (including phenoxy) is 1. The molecule has 186 valence electrons. The van der Waals surface area contributed by atoms with Crippen LogP contribution in [0.15, 0.2) is 42.5 Å². The Labute approximate surface area is 202 Å². The molecule has 1 fully saturated rings. The Balaban J connectivity index is 0.000000320. The molecule has 0 saturated heterocycles. The van der Waals surface area contributed by atoms with Gasteiger partial charge in [0, 0.05) is 0 Å². The van der Waals surface area contributed by atoms with E-state index in [-0.39, 0.29) is 12.5 Å². The summed E-state index contributed by atoms with van der Waals surface area (Å²) in [6.45, 7) is -0.0254. The lowest BCUT2D eigenvalue weighted by molar-refractivity contribution is -0.145. The first kappa shape index (κ1) is 25.7. The molecule has 1 unspecified atom stereocenters. The van der Waals surface area contributed by atoms with Crippen molar-refractivity contribution in [3.63, 3.8) is 0 Å². The summed E-state index contributed by atoms with van der Waals surface area (Å²) in [4.78, 5) is 43.8. The quantitative estimate of drug-likeness (QED) is 0.393. The van der Waals surface area contributed by atoms with Crippen molar-refractivity contribution in [1.29, 1.82) is 0 Å². The van der Waals surface area contributed by atoms with Crippen LogP contribution in [0.1, 0.15) is 55.2 Å². The highest BCUT2D eigenvalue weighted by Gasteiger charge is 2.25. The van der Waals surface area contributed by atoms with Crippen LogP contribution < -0.4 is 5.32 Å². The van der Waals surface area contributed by atoms with Crippen LogP contribution in [-0.4, -0.2) is 45.4 Å². The number of aliphatic carboxylic acids is 3. The summed E-state index contributed by atoms with van der Waals surface area (Å²) in [5.74, 6) is -3.38. The van der Waals surface area contributed by atoms with Gasteiger partial charge in [-0.05, 0) is 47.1 Å². The Morgan fingerprint density at radius 2 is 1.60 bits per heavy atom. The minimum absolute atomic E-state index is 0.0254. The van der Waals surface area contributed by atoms with Crippen molar-refractivity contribution in [1.82, 2.24) is 5.32 Å². The highest BCUT2D eigenvalue weighted by Crippen LogP contribution is 2.38. The Kier molecular flexibility index (Phi) is 8.83. The molecule has 2 aliphatic rings. The zero-order valence-electron chi connectivity index (χ0n) is 19.2. The number of rotatable bonds is 7. The number of hydrogen-bond donors (Lipinski definition) is 4. The van der Waals surface area contributed by atoms with Crippen molar-refractivity contribution in [2.24, 2.45) is 5.92 Å². The SMILES string of the molecule is O=C(O)C1CCCCC1.O=C(O)CC(NC(=O)OCc1cccc2c1Cc1ccccc1-2)C(=O)O. The van der Waals surface area contributed by atoms with Crippen molar-refractivity contribution >= 4 is 24.0 Å². The Morgan fingerprint density at radius 3 is 2.23 bits per heavy atom. The summed E-state index contributed by atoms with van der Waals surface area (Å²) >= 11 is 0. The number of amides is 1. The van der Waals surface area contributed by atoms with Gasteiger partial charge in [0.2, 0.25) is 0 Å². The average molecular weight is 484 g/mol. The van der Waals surface area contributed by atoms with Crippen molar-refractivity contribution < 1.29 is 39.2 Å². The van der Waals surface area contributed by atoms with E-state index in [1.807, 2.05) is 36.4 Å². The van der Waals surface area contributed by atoms with E-state index in [1.54, 1.807) is 0 Å². The Bertz CT molecular complexity index is 1090. The molecule has 4 rings (SSSR count). The van der Waals surface area contributed by atoms with Gasteiger partial charge in [-0.15, -0.1) is 0 Å². The lowest BCUT2D eigenvalue weighted by Gasteiger charge is -2.16. The molecule has 9 heteroatoms. The minimum atomic E-state index is -1.54. The number of carbonyl (C=O) groups is 4. The smallest absolute Gasteiger partial charge is 0.408 e. The predicted molar refractivity (Wildman–Crippen MR) is 126 cm³/mol. The molecular formula is C26H29NO8. The van der Waals surface area contributed by atoms with Crippen LogP contribution in [0.5, 0.6) is 0 Å². The lowest BCUT2D eigenvalue weighted by Crippen LogP contribution is -2.42. The topological polar surface area (TPSA) is 150 Å². The normalized spacial score (nSPS) is 15.0. The highest BCUT2D eigenvalue weighted by atomic mass is 16.5. The number of carboxylic acids is 3. The van der Waals surface area contributed by atoms with Gasteiger partial charge in [-0.25, -0.2) is 9.59 Å². The maximum absolute atomic E-state index is 11.8. The van der Waals surface area contributed by atoms with Crippen molar-refractivity contribution in [3.05, 3.63) is 59.2 Å². The van der Waals surface area contributed by atoms with Crippen LogP contribution in [0, 0.1) is 5.92 Å². The predicted octanol–water partition coefficient (Wildman–Crippen LogP) is 4.06. The van der Waals surface area contributed by atoms with Gasteiger partial charge in [0.05, 0.1) is 12.3 Å². The number of carbonyl (C=O) groups excluding carboxylic acids is 1. The molecule has 0 aliphatic heterocycles. The molecule has 0 heterocycles. The molecule has 2 aliphatic carbocycles. The fourth-order valence-corrected chi connectivity index (χ4v) is 4.41. The van der Waals surface area contributed by atoms with Crippen LogP contribution in [0.4, 0.5) is 4.79 Å². The monoisotopic (exact) mass is 483 g/mol. The van der Waals surface area contributed by atoms with E-state index in [0.717, 1.165) is 54.4 Å². The summed E-state index contributed by atoms with van der Waals surface area (Å²) in [6, 6.07) is 12.2. The summed E-state index contributed by atoms with van der Waals surface area (Å²) in [5, 5.41) is 28.2. The molecular weight excluding hydrogens is 454 g/mol. The zero-order chi connectivity index (χ0) is 25.4. The molecule has 0 spiro atoms. The van der Waals surface area contributed by atoms with Gasteiger partial charge in [-0.1, -0.05) is 61.7 Å². The zero-order valence-corrected chi connectivity index (χ0v) is 19.2. The first-order valence-corrected chi connectivity index (χ1v) is 11.6. The number of fused-ring (bicyclic) bond motifs is 3. The van der Waals surface area contributed by atoms with Gasteiger partial charge in [0.1, 0.15) is 12.6 Å². The molecule has 1 atom stereocenters. The van der Waals surface area contributed by atoms with Gasteiger partial charge in [0.25, 0.3) is 0 Å². The minimum Gasteiger partial charge on any atom is -0.481 e. The summed E-state index contributed by atoms with van der Waals surface area (Å²) in [7, 11) is 0. The van der Waals surface area contributed by atoms with E-state index in [4.69, 9.17) is 20.1 Å². The van der Waals surface area contributed by atoms with Gasteiger partial charge >= 0.3 is 24.0 Å². The van der Waals surface area contributed by atoms with Crippen molar-refractivity contribution in [3.8, 4) is 11.1 Å². The summed E-state index contributed by atoms with van der Waals surface area (Å²) in [5.41, 5.74) is 5.35. The third-order valence-electron chi connectivity index (χ3n) is 6.23. The van der Waals surface area contributed by atoms with Crippen LogP contribution >= 0.6 is 0 Å². The molecule has 1 saturated carbocycles. The molecule has 2 aromatic carbocycles. The summed E-state index contributed by atoms with van der Waals surface area (Å²) < 4.78 is 5.11. The second-order valence-corrected chi connectivity index (χ2v) is 8.66. The molecule has 35 heavy (non-hydrogen) atoms. The molecule has 0 aromatic heterocycles. The lowest BCUT2D eigenvalue weighted by atomic mass is 9.90. The number of benzene rings is 2. The van der Waals surface area contributed by atoms with E-state index in [2.05, 4.69) is 11.4 Å². The Morgan fingerprint density at radius 1 is 0.914 bits per heavy atom. The summed E-state index contributed by atoms with van der Waals surface area (Å²) in [6.07, 6.45) is 4.29. The number of nitrogens with one attached hydrogen (secondary N) is 1. The first-order valence-electron chi connectivity index (χ1n) is 11.6. The second-order valence-electron chi connectivity index (χ2n) is 8.66. The van der Waals surface area contributed by atoms with Crippen molar-refractivity contribution in [2.45, 2.75) is 57.6 Å². The number of carboxylic acid groups (broad SMARTS) is 3. The van der Waals surface area contributed by atoms with E-state index in [1.165, 1.54) is 12.0 Å². The van der Waals surface area contributed by atoms with Crippen molar-refractivity contribution in [2.75, 3.05) is 0 Å². The van der Waals surface area contributed by atoms with Gasteiger partial charge in [0.15, 0.2) is 0 Å². The first-order chi connectivity index (χ1) is 16.8. The highest BCUT2D eigenvalue weighted by molar-refractivity contribution is 5.84. The van der Waals surface area contributed by atoms with E-state index < -0.39 is 36.5 Å². The van der Waals surface area contributed by atoms with E-state index >= 15 is 0 Å². The fraction of sp³-hybridized carbons (Fsp3) is 0.385. The molecule has 0 bridgehead atoms. The standard InChI is InChI=1S/C19H17NO6.C7H12O2/c21-17(22)9-16(18(23)24)20-19(25)26-10-12-5-3-7-14-13-6-2-1-4-11(13)8-15(12)14;8-7(9)6-4-2-1-3-5-6/h1-7,16H,8-10H2,(H,20,25)(H,21,22)(H,23,24);6H,1-5H2,(H,8,9). The average Bonchev–Trinajstić information content (AvgIpc) is 3.22. The maximum Gasteiger partial charge on any atom is 0.408 e. The van der Waals surface area contributed by atoms with Gasteiger partial charge < -0.3 is 25.4 Å². The number of alkyl carbamates (subject to hydrolysis) is 1. The third-order valence-corrected chi connectivity index (χ3v) is 6.23. The largest absolute Gasteiger partial charge is 0.481 e. The molecule has 9 nitrogen and oxygen atoms in total. The molecule has 1 amide bonds. The van der Waals surface area contributed by atoms with Crippen LogP contribution in [-0.2, 0) is 32.1 Å². The van der Waals surface area contributed by atoms with E-state index in [9.17, 15) is 19.2 Å². The molecule has 4 N–H and O–H groups in total. The van der Waals surface area contributed by atoms with Crippen LogP contribution in [0.3, 0.4) is 0 Å². The maximum atomic E-state index is 11.8. The van der Waals surface area contributed by atoms with Gasteiger partial charge in [-0.3, -0.25) is 9.59 Å². The Hall–Kier alpha value is -3.88. The third kappa shape index (κ3) is 7.05. The van der Waals surface area contributed by atoms with Crippen LogP contribution in [0.2, 0.25) is 0 Å².